The van der Waals surface area contributed by atoms with Crippen molar-refractivity contribution in [3.05, 3.63) is 88.8 Å². The second-order valence-electron chi connectivity index (χ2n) is 6.49. The number of nitrogens with zero attached hydrogens (tertiary/aromatic N) is 3. The summed E-state index contributed by atoms with van der Waals surface area (Å²) in [4.78, 5) is 12.4. The lowest BCUT2D eigenvalue weighted by Gasteiger charge is -2.05. The summed E-state index contributed by atoms with van der Waals surface area (Å²) < 4.78 is 1.82. The lowest BCUT2D eigenvalue weighted by molar-refractivity contribution is -0.117. The number of carbonyl (C=O) groups excluding carboxylic acids is 1. The van der Waals surface area contributed by atoms with Gasteiger partial charge in [-0.3, -0.25) is 4.79 Å². The van der Waals surface area contributed by atoms with Crippen LogP contribution in [-0.4, -0.2) is 22.2 Å². The zero-order chi connectivity index (χ0) is 19.9. The van der Waals surface area contributed by atoms with E-state index in [-0.39, 0.29) is 11.5 Å². The summed E-state index contributed by atoms with van der Waals surface area (Å²) in [5.41, 5.74) is 4.60. The number of amides is 1. The SMILES string of the molecule is Cc1nn(-c2ccccc2)c(C)c1/C=C(\C#N)C(=O)NCCc1ccccc1. The second-order valence-corrected chi connectivity index (χ2v) is 6.49. The first kappa shape index (κ1) is 19.1. The second kappa shape index (κ2) is 8.83. The van der Waals surface area contributed by atoms with Crippen molar-refractivity contribution in [1.29, 1.82) is 5.26 Å². The highest BCUT2D eigenvalue weighted by Gasteiger charge is 2.15. The van der Waals surface area contributed by atoms with Gasteiger partial charge in [-0.05, 0) is 44.0 Å². The molecule has 3 rings (SSSR count). The van der Waals surface area contributed by atoms with E-state index in [0.29, 0.717) is 6.54 Å². The Labute approximate surface area is 164 Å². The molecule has 0 aliphatic heterocycles. The number of aryl methyl sites for hydroxylation is 1. The van der Waals surface area contributed by atoms with Crippen molar-refractivity contribution in [1.82, 2.24) is 15.1 Å². The van der Waals surface area contributed by atoms with Crippen LogP contribution in [0.2, 0.25) is 0 Å². The van der Waals surface area contributed by atoms with Gasteiger partial charge in [-0.1, -0.05) is 48.5 Å². The number of para-hydroxylation sites is 1. The van der Waals surface area contributed by atoms with Gasteiger partial charge in [-0.15, -0.1) is 0 Å². The number of benzene rings is 2. The lowest BCUT2D eigenvalue weighted by atomic mass is 10.1. The zero-order valence-corrected chi connectivity index (χ0v) is 16.0. The van der Waals surface area contributed by atoms with Crippen LogP contribution in [0.3, 0.4) is 0 Å². The Balaban J connectivity index is 1.76. The lowest BCUT2D eigenvalue weighted by Crippen LogP contribution is -2.26. The highest BCUT2D eigenvalue weighted by Crippen LogP contribution is 2.20. The van der Waals surface area contributed by atoms with Crippen molar-refractivity contribution >= 4 is 12.0 Å². The number of aromatic nitrogens is 2. The molecule has 1 N–H and O–H groups in total. The fraction of sp³-hybridized carbons (Fsp3) is 0.174. The summed E-state index contributed by atoms with van der Waals surface area (Å²) in [6, 6.07) is 21.7. The number of hydrogen-bond acceptors (Lipinski definition) is 3. The molecular weight excluding hydrogens is 348 g/mol. The van der Waals surface area contributed by atoms with Crippen LogP contribution in [0.1, 0.15) is 22.5 Å². The van der Waals surface area contributed by atoms with Gasteiger partial charge in [0.1, 0.15) is 11.6 Å². The molecule has 0 fully saturated rings. The quantitative estimate of drug-likeness (QED) is 0.531. The van der Waals surface area contributed by atoms with E-state index in [1.165, 1.54) is 0 Å². The van der Waals surface area contributed by atoms with Crippen LogP contribution >= 0.6 is 0 Å². The first-order valence-electron chi connectivity index (χ1n) is 9.15. The minimum Gasteiger partial charge on any atom is -0.351 e. The van der Waals surface area contributed by atoms with Crippen molar-refractivity contribution < 1.29 is 4.79 Å². The van der Waals surface area contributed by atoms with Crippen LogP contribution in [0.4, 0.5) is 0 Å². The van der Waals surface area contributed by atoms with Gasteiger partial charge < -0.3 is 5.32 Å². The Morgan fingerprint density at radius 1 is 1.11 bits per heavy atom. The maximum Gasteiger partial charge on any atom is 0.261 e. The molecule has 2 aromatic carbocycles. The van der Waals surface area contributed by atoms with Gasteiger partial charge in [-0.25, -0.2) is 4.68 Å². The van der Waals surface area contributed by atoms with E-state index >= 15 is 0 Å². The van der Waals surface area contributed by atoms with Crippen LogP contribution in [0, 0.1) is 25.2 Å². The number of nitriles is 1. The van der Waals surface area contributed by atoms with Crippen LogP contribution in [0.25, 0.3) is 11.8 Å². The first-order chi connectivity index (χ1) is 13.6. The molecule has 0 atom stereocenters. The van der Waals surface area contributed by atoms with E-state index in [9.17, 15) is 10.1 Å². The van der Waals surface area contributed by atoms with E-state index < -0.39 is 0 Å². The summed E-state index contributed by atoms with van der Waals surface area (Å²) >= 11 is 0. The number of nitrogens with one attached hydrogen (secondary N) is 1. The molecule has 0 bridgehead atoms. The molecule has 5 heteroatoms. The third kappa shape index (κ3) is 4.36. The van der Waals surface area contributed by atoms with Gasteiger partial charge in [0.25, 0.3) is 5.91 Å². The molecule has 1 amide bonds. The highest BCUT2D eigenvalue weighted by atomic mass is 16.1. The van der Waals surface area contributed by atoms with E-state index in [0.717, 1.165) is 34.6 Å². The third-order valence-electron chi connectivity index (χ3n) is 4.54. The summed E-state index contributed by atoms with van der Waals surface area (Å²) in [5, 5.41) is 16.9. The fourth-order valence-corrected chi connectivity index (χ4v) is 3.04. The van der Waals surface area contributed by atoms with Gasteiger partial charge in [0, 0.05) is 17.8 Å². The van der Waals surface area contributed by atoms with Gasteiger partial charge in [0.2, 0.25) is 0 Å². The van der Waals surface area contributed by atoms with Crippen LogP contribution in [-0.2, 0) is 11.2 Å². The van der Waals surface area contributed by atoms with Crippen LogP contribution in [0.5, 0.6) is 0 Å². The Bertz CT molecular complexity index is 1030. The summed E-state index contributed by atoms with van der Waals surface area (Å²) in [6.07, 6.45) is 2.34. The van der Waals surface area contributed by atoms with Gasteiger partial charge >= 0.3 is 0 Å². The molecule has 0 aliphatic rings. The summed E-state index contributed by atoms with van der Waals surface area (Å²) in [5.74, 6) is -0.371. The van der Waals surface area contributed by atoms with Gasteiger partial charge in [0.05, 0.1) is 11.4 Å². The number of rotatable bonds is 6. The third-order valence-corrected chi connectivity index (χ3v) is 4.54. The van der Waals surface area contributed by atoms with Crippen molar-refractivity contribution in [2.24, 2.45) is 0 Å². The molecule has 0 saturated carbocycles. The predicted molar refractivity (Wildman–Crippen MR) is 110 cm³/mol. The van der Waals surface area contributed by atoms with Crippen molar-refractivity contribution in [2.45, 2.75) is 20.3 Å². The normalized spacial score (nSPS) is 11.1. The highest BCUT2D eigenvalue weighted by molar-refractivity contribution is 6.01. The Kier molecular flexibility index (Phi) is 6.03. The molecule has 5 nitrogen and oxygen atoms in total. The number of hydrogen-bond donors (Lipinski definition) is 1. The van der Waals surface area contributed by atoms with E-state index in [4.69, 9.17) is 0 Å². The smallest absolute Gasteiger partial charge is 0.261 e. The van der Waals surface area contributed by atoms with Crippen LogP contribution < -0.4 is 5.32 Å². The van der Waals surface area contributed by atoms with Crippen molar-refractivity contribution in [3.63, 3.8) is 0 Å². The minimum absolute atomic E-state index is 0.0758. The summed E-state index contributed by atoms with van der Waals surface area (Å²) in [6.45, 7) is 4.28. The predicted octanol–water partition coefficient (Wildman–Crippen LogP) is 3.76. The molecule has 3 aromatic rings. The molecule has 0 unspecified atom stereocenters. The minimum atomic E-state index is -0.371. The number of carbonyl (C=O) groups is 1. The maximum atomic E-state index is 12.4. The molecule has 0 radical (unpaired) electrons. The van der Waals surface area contributed by atoms with Crippen LogP contribution in [0.15, 0.2) is 66.2 Å². The van der Waals surface area contributed by atoms with E-state index in [2.05, 4.69) is 10.4 Å². The topological polar surface area (TPSA) is 70.7 Å². The standard InChI is InChI=1S/C23H22N4O/c1-17-22(18(2)27(26-17)21-11-7-4-8-12-21)15-20(16-24)23(28)25-14-13-19-9-5-3-6-10-19/h3-12,15H,13-14H2,1-2H3,(H,25,28)/b20-15+. The fourth-order valence-electron chi connectivity index (χ4n) is 3.04. The average molecular weight is 370 g/mol. The Hall–Kier alpha value is -3.65. The maximum absolute atomic E-state index is 12.4. The molecular formula is C23H22N4O. The van der Waals surface area contributed by atoms with Gasteiger partial charge in [-0.2, -0.15) is 10.4 Å². The average Bonchev–Trinajstić information content (AvgIpc) is 3.01. The van der Waals surface area contributed by atoms with E-state index in [1.54, 1.807) is 6.08 Å². The summed E-state index contributed by atoms with van der Waals surface area (Å²) in [7, 11) is 0. The Morgan fingerprint density at radius 3 is 2.39 bits per heavy atom. The van der Waals surface area contributed by atoms with Crippen molar-refractivity contribution in [3.8, 4) is 11.8 Å². The molecule has 1 heterocycles. The molecule has 28 heavy (non-hydrogen) atoms. The monoisotopic (exact) mass is 370 g/mol. The molecule has 0 saturated heterocycles. The first-order valence-corrected chi connectivity index (χ1v) is 9.15. The van der Waals surface area contributed by atoms with E-state index in [1.807, 2.05) is 85.3 Å². The van der Waals surface area contributed by atoms with Gasteiger partial charge in [0.15, 0.2) is 0 Å². The Morgan fingerprint density at radius 2 is 1.75 bits per heavy atom. The molecule has 0 spiro atoms. The zero-order valence-electron chi connectivity index (χ0n) is 16.0. The molecule has 0 aliphatic carbocycles. The van der Waals surface area contributed by atoms with Crippen molar-refractivity contribution in [2.75, 3.05) is 6.54 Å². The molecule has 1 aromatic heterocycles. The largest absolute Gasteiger partial charge is 0.351 e. The molecule has 140 valence electrons.